The highest BCUT2D eigenvalue weighted by molar-refractivity contribution is 9.10. The average Bonchev–Trinajstić information content (AvgIpc) is 2.19. The topological polar surface area (TPSA) is 52.6 Å². The van der Waals surface area contributed by atoms with E-state index < -0.39 is 20.6 Å². The molecule has 0 unspecified atom stereocenters. The van der Waals surface area contributed by atoms with Crippen molar-refractivity contribution >= 4 is 43.8 Å². The van der Waals surface area contributed by atoms with Crippen molar-refractivity contribution in [3.63, 3.8) is 0 Å². The molecule has 0 atom stereocenters. The van der Waals surface area contributed by atoms with Crippen LogP contribution in [0.1, 0.15) is 27.7 Å². The summed E-state index contributed by atoms with van der Waals surface area (Å²) in [4.78, 5) is 22.6. The van der Waals surface area contributed by atoms with Crippen LogP contribution in [0.5, 0.6) is 0 Å². The molecule has 0 aliphatic heterocycles. The van der Waals surface area contributed by atoms with Crippen molar-refractivity contribution in [2.24, 2.45) is 0 Å². The Labute approximate surface area is 124 Å². The molecule has 0 aromatic carbocycles. The smallest absolute Gasteiger partial charge is 0.323 e. The van der Waals surface area contributed by atoms with Crippen LogP contribution in [-0.4, -0.2) is 33.8 Å². The molecule has 6 heteroatoms. The van der Waals surface area contributed by atoms with Gasteiger partial charge < -0.3 is 9.47 Å². The summed E-state index contributed by atoms with van der Waals surface area (Å²) in [5, 5.41) is 0. The molecule has 0 aliphatic rings. The molecule has 18 heavy (non-hydrogen) atoms. The fourth-order valence-corrected chi connectivity index (χ4v) is 0.877. The number of halogens is 2. The van der Waals surface area contributed by atoms with Crippen LogP contribution in [0.2, 0.25) is 0 Å². The molecule has 0 heterocycles. The monoisotopic (exact) mass is 382 g/mol. The molecule has 0 radical (unpaired) electrons. The second-order valence-corrected chi connectivity index (χ2v) is 8.42. The van der Waals surface area contributed by atoms with Crippen LogP contribution in [0.3, 0.4) is 0 Å². The fourth-order valence-electron chi connectivity index (χ4n) is 0.649. The number of carbonyl (C=O) groups is 2. The van der Waals surface area contributed by atoms with Gasteiger partial charge in [-0.25, -0.2) is 0 Å². The zero-order valence-corrected chi connectivity index (χ0v) is 14.0. The quantitative estimate of drug-likeness (QED) is 0.425. The molecule has 0 amide bonds. The van der Waals surface area contributed by atoms with Crippen LogP contribution in [-0.2, 0) is 19.1 Å². The van der Waals surface area contributed by atoms with Gasteiger partial charge in [0.2, 0.25) is 0 Å². The van der Waals surface area contributed by atoms with Crippen molar-refractivity contribution in [1.29, 1.82) is 0 Å². The molecule has 0 bridgehead atoms. The van der Waals surface area contributed by atoms with Crippen molar-refractivity contribution in [3.8, 4) is 11.8 Å². The Bertz CT molecular complexity index is 332. The third-order valence-electron chi connectivity index (χ3n) is 1.65. The van der Waals surface area contributed by atoms with E-state index in [0.717, 1.165) is 0 Å². The molecule has 0 saturated heterocycles. The lowest BCUT2D eigenvalue weighted by molar-refractivity contribution is -0.145. The fraction of sp³-hybridized carbons (Fsp3) is 0.667. The molecule has 4 nitrogen and oxygen atoms in total. The van der Waals surface area contributed by atoms with Crippen molar-refractivity contribution < 1.29 is 19.1 Å². The van der Waals surface area contributed by atoms with Crippen molar-refractivity contribution in [2.45, 2.75) is 36.3 Å². The third-order valence-corrected chi connectivity index (χ3v) is 2.29. The first-order chi connectivity index (χ1) is 8.05. The van der Waals surface area contributed by atoms with Crippen LogP contribution >= 0.6 is 31.9 Å². The van der Waals surface area contributed by atoms with Gasteiger partial charge in [-0.2, -0.15) is 0 Å². The van der Waals surface area contributed by atoms with Gasteiger partial charge in [-0.05, 0) is 27.7 Å². The Hall–Kier alpha value is -0.540. The van der Waals surface area contributed by atoms with E-state index in [9.17, 15) is 9.59 Å². The minimum Gasteiger partial charge on any atom is -0.451 e. The van der Waals surface area contributed by atoms with Crippen LogP contribution in [0.25, 0.3) is 0 Å². The minimum atomic E-state index is -0.721. The Morgan fingerprint density at radius 3 is 1.39 bits per heavy atom. The van der Waals surface area contributed by atoms with E-state index in [4.69, 9.17) is 9.47 Å². The number of alkyl halides is 2. The van der Waals surface area contributed by atoms with Crippen molar-refractivity contribution in [1.82, 2.24) is 0 Å². The lowest BCUT2D eigenvalue weighted by Crippen LogP contribution is -2.27. The molecule has 0 spiro atoms. The standard InChI is InChI=1S/C12H16Br2O4/c1-11(2,13)9(15)17-7-5-6-8-18-10(16)12(3,4)14/h7-8H2,1-4H3. The molecule has 102 valence electrons. The number of hydrogen-bond acceptors (Lipinski definition) is 4. The summed E-state index contributed by atoms with van der Waals surface area (Å²) >= 11 is 6.34. The van der Waals surface area contributed by atoms with Crippen LogP contribution in [0.4, 0.5) is 0 Å². The van der Waals surface area contributed by atoms with Gasteiger partial charge in [0.25, 0.3) is 0 Å². The molecule has 0 aromatic rings. The van der Waals surface area contributed by atoms with E-state index in [0.29, 0.717) is 0 Å². The molecule has 0 fully saturated rings. The summed E-state index contributed by atoms with van der Waals surface area (Å²) in [7, 11) is 0. The lowest BCUT2D eigenvalue weighted by atomic mass is 10.2. The number of rotatable bonds is 4. The van der Waals surface area contributed by atoms with Crippen LogP contribution < -0.4 is 0 Å². The maximum atomic E-state index is 11.3. The van der Waals surface area contributed by atoms with Gasteiger partial charge in [0, 0.05) is 0 Å². The predicted octanol–water partition coefficient (Wildman–Crippen LogP) is 2.42. The normalized spacial score (nSPS) is 11.2. The predicted molar refractivity (Wildman–Crippen MR) is 75.7 cm³/mol. The van der Waals surface area contributed by atoms with E-state index in [1.54, 1.807) is 27.7 Å². The summed E-state index contributed by atoms with van der Waals surface area (Å²) in [5.74, 6) is 4.39. The second-order valence-electron chi connectivity index (χ2n) is 4.45. The molecule has 0 aliphatic carbocycles. The Morgan fingerprint density at radius 1 is 0.889 bits per heavy atom. The van der Waals surface area contributed by atoms with E-state index in [-0.39, 0.29) is 13.2 Å². The average molecular weight is 384 g/mol. The SMILES string of the molecule is CC(C)(Br)C(=O)OCC#CCOC(=O)C(C)(C)Br. The maximum absolute atomic E-state index is 11.3. The molecule has 0 rings (SSSR count). The van der Waals surface area contributed by atoms with E-state index in [1.807, 2.05) is 0 Å². The van der Waals surface area contributed by atoms with Gasteiger partial charge in [-0.15, -0.1) is 0 Å². The largest absolute Gasteiger partial charge is 0.451 e. The van der Waals surface area contributed by atoms with Gasteiger partial charge in [-0.3, -0.25) is 9.59 Å². The zero-order chi connectivity index (χ0) is 14.4. The van der Waals surface area contributed by atoms with Crippen LogP contribution in [0.15, 0.2) is 0 Å². The summed E-state index contributed by atoms with van der Waals surface area (Å²) in [6.07, 6.45) is 0. The molecular formula is C12H16Br2O4. The van der Waals surface area contributed by atoms with Crippen molar-refractivity contribution in [3.05, 3.63) is 0 Å². The number of hydrogen-bond donors (Lipinski definition) is 0. The first-order valence-electron chi connectivity index (χ1n) is 5.23. The Kier molecular flexibility index (Phi) is 6.93. The summed E-state index contributed by atoms with van der Waals surface area (Å²) in [5.41, 5.74) is 0. The zero-order valence-electron chi connectivity index (χ0n) is 10.8. The highest BCUT2D eigenvalue weighted by atomic mass is 79.9. The first-order valence-corrected chi connectivity index (χ1v) is 6.81. The van der Waals surface area contributed by atoms with Gasteiger partial charge in [0.15, 0.2) is 13.2 Å². The van der Waals surface area contributed by atoms with Gasteiger partial charge in [-0.1, -0.05) is 43.7 Å². The highest BCUT2D eigenvalue weighted by Crippen LogP contribution is 2.17. The van der Waals surface area contributed by atoms with Gasteiger partial charge >= 0.3 is 11.9 Å². The molecule has 0 N–H and O–H groups in total. The summed E-state index contributed by atoms with van der Waals surface area (Å²) in [6, 6.07) is 0. The summed E-state index contributed by atoms with van der Waals surface area (Å²) < 4.78 is 8.30. The number of ether oxygens (including phenoxy) is 2. The molecular weight excluding hydrogens is 368 g/mol. The van der Waals surface area contributed by atoms with Gasteiger partial charge in [0.05, 0.1) is 0 Å². The highest BCUT2D eigenvalue weighted by Gasteiger charge is 2.25. The van der Waals surface area contributed by atoms with E-state index in [2.05, 4.69) is 43.7 Å². The van der Waals surface area contributed by atoms with Gasteiger partial charge in [0.1, 0.15) is 8.65 Å². The first kappa shape index (κ1) is 17.5. The molecule has 0 aromatic heterocycles. The van der Waals surface area contributed by atoms with E-state index >= 15 is 0 Å². The maximum Gasteiger partial charge on any atom is 0.323 e. The summed E-state index contributed by atoms with van der Waals surface area (Å²) in [6.45, 7) is 6.68. The Morgan fingerprint density at radius 2 is 1.17 bits per heavy atom. The lowest BCUT2D eigenvalue weighted by Gasteiger charge is -2.13. The third kappa shape index (κ3) is 7.72. The van der Waals surface area contributed by atoms with Crippen LogP contribution in [0, 0.1) is 11.8 Å². The number of esters is 2. The second kappa shape index (κ2) is 7.15. The Balaban J connectivity index is 3.89. The minimum absolute atomic E-state index is 0.0247. The van der Waals surface area contributed by atoms with Crippen molar-refractivity contribution in [2.75, 3.05) is 13.2 Å². The molecule has 0 saturated carbocycles. The number of carbonyl (C=O) groups excluding carboxylic acids is 2. The van der Waals surface area contributed by atoms with E-state index in [1.165, 1.54) is 0 Å².